The molecule has 1 aromatic heterocycles. The van der Waals surface area contributed by atoms with Gasteiger partial charge in [0.05, 0.1) is 7.11 Å². The first kappa shape index (κ1) is 20.0. The van der Waals surface area contributed by atoms with Crippen molar-refractivity contribution in [2.45, 2.75) is 6.42 Å². The van der Waals surface area contributed by atoms with Gasteiger partial charge < -0.3 is 15.4 Å². The smallest absolute Gasteiger partial charge is 0.274 e. The van der Waals surface area contributed by atoms with E-state index in [9.17, 15) is 14.0 Å². The molecule has 2 N–H and O–H groups in total. The van der Waals surface area contributed by atoms with Gasteiger partial charge in [-0.3, -0.25) is 9.59 Å². The standard InChI is InChI=1S/C22H20FN3O3/c1-29-18-8-2-5-15(13-18)11-12-24-21(27)19-9-4-10-20(26-19)22(28)25-17-7-3-6-16(23)14-17/h2-10,13-14H,11-12H2,1H3,(H,24,27)(H,25,28). The molecule has 29 heavy (non-hydrogen) atoms. The van der Waals surface area contributed by atoms with Gasteiger partial charge in [-0.2, -0.15) is 0 Å². The quantitative estimate of drug-likeness (QED) is 0.644. The lowest BCUT2D eigenvalue weighted by atomic mass is 10.1. The van der Waals surface area contributed by atoms with Crippen LogP contribution in [0.25, 0.3) is 0 Å². The van der Waals surface area contributed by atoms with Crippen molar-refractivity contribution in [3.8, 4) is 5.75 Å². The third kappa shape index (κ3) is 5.62. The van der Waals surface area contributed by atoms with E-state index in [1.54, 1.807) is 19.2 Å². The van der Waals surface area contributed by atoms with Crippen LogP contribution in [0.1, 0.15) is 26.5 Å². The van der Waals surface area contributed by atoms with E-state index in [0.717, 1.165) is 11.3 Å². The maximum absolute atomic E-state index is 13.2. The summed E-state index contributed by atoms with van der Waals surface area (Å²) < 4.78 is 18.4. The van der Waals surface area contributed by atoms with Crippen molar-refractivity contribution >= 4 is 17.5 Å². The van der Waals surface area contributed by atoms with Crippen LogP contribution in [0.15, 0.2) is 66.7 Å². The number of carbonyl (C=O) groups is 2. The second-order valence-corrected chi connectivity index (χ2v) is 6.23. The molecule has 0 saturated heterocycles. The number of nitrogens with one attached hydrogen (secondary N) is 2. The fourth-order valence-corrected chi connectivity index (χ4v) is 2.69. The molecular weight excluding hydrogens is 373 g/mol. The highest BCUT2D eigenvalue weighted by atomic mass is 19.1. The number of aromatic nitrogens is 1. The molecule has 1 heterocycles. The number of nitrogens with zero attached hydrogens (tertiary/aromatic N) is 1. The number of methoxy groups -OCH3 is 1. The Morgan fingerprint density at radius 3 is 2.45 bits per heavy atom. The molecule has 0 radical (unpaired) electrons. The summed E-state index contributed by atoms with van der Waals surface area (Å²) in [5.41, 5.74) is 1.53. The van der Waals surface area contributed by atoms with Crippen molar-refractivity contribution in [2.75, 3.05) is 19.0 Å². The van der Waals surface area contributed by atoms with Gasteiger partial charge in [0.2, 0.25) is 0 Å². The van der Waals surface area contributed by atoms with Crippen LogP contribution < -0.4 is 15.4 Å². The van der Waals surface area contributed by atoms with Crippen LogP contribution in [0.2, 0.25) is 0 Å². The number of halogens is 1. The number of anilines is 1. The Hall–Kier alpha value is -3.74. The topological polar surface area (TPSA) is 80.3 Å². The summed E-state index contributed by atoms with van der Waals surface area (Å²) in [5, 5.41) is 5.34. The largest absolute Gasteiger partial charge is 0.497 e. The van der Waals surface area contributed by atoms with Crippen molar-refractivity contribution in [3.05, 3.63) is 89.5 Å². The Kier molecular flexibility index (Phi) is 6.52. The Balaban J connectivity index is 1.59. The van der Waals surface area contributed by atoms with Crippen molar-refractivity contribution in [1.29, 1.82) is 0 Å². The van der Waals surface area contributed by atoms with E-state index < -0.39 is 11.7 Å². The number of benzene rings is 2. The summed E-state index contributed by atoms with van der Waals surface area (Å²) in [6, 6.07) is 17.7. The van der Waals surface area contributed by atoms with Gasteiger partial charge in [-0.15, -0.1) is 0 Å². The normalized spacial score (nSPS) is 10.3. The summed E-state index contributed by atoms with van der Waals surface area (Å²) in [6.07, 6.45) is 0.628. The SMILES string of the molecule is COc1cccc(CCNC(=O)c2cccc(C(=O)Nc3cccc(F)c3)n2)c1. The highest BCUT2D eigenvalue weighted by Gasteiger charge is 2.13. The van der Waals surface area contributed by atoms with Crippen LogP contribution >= 0.6 is 0 Å². The number of hydrogen-bond acceptors (Lipinski definition) is 4. The summed E-state index contributed by atoms with van der Waals surface area (Å²) >= 11 is 0. The molecule has 3 rings (SSSR count). The first-order valence-electron chi connectivity index (χ1n) is 9.00. The molecule has 2 aromatic carbocycles. The van der Waals surface area contributed by atoms with E-state index in [1.165, 1.54) is 30.3 Å². The molecule has 0 aliphatic heterocycles. The van der Waals surface area contributed by atoms with Crippen LogP contribution in [0.3, 0.4) is 0 Å². The molecule has 0 saturated carbocycles. The predicted octanol–water partition coefficient (Wildman–Crippen LogP) is 3.45. The first-order valence-corrected chi connectivity index (χ1v) is 9.00. The van der Waals surface area contributed by atoms with E-state index in [4.69, 9.17) is 4.74 Å². The van der Waals surface area contributed by atoms with Gasteiger partial charge in [0, 0.05) is 12.2 Å². The minimum atomic E-state index is -0.526. The average Bonchev–Trinajstić information content (AvgIpc) is 2.74. The van der Waals surface area contributed by atoms with Crippen molar-refractivity contribution in [3.63, 3.8) is 0 Å². The maximum atomic E-state index is 13.2. The monoisotopic (exact) mass is 393 g/mol. The van der Waals surface area contributed by atoms with Gasteiger partial charge >= 0.3 is 0 Å². The third-order valence-electron chi connectivity index (χ3n) is 4.13. The Bertz CT molecular complexity index is 1020. The predicted molar refractivity (Wildman–Crippen MR) is 108 cm³/mol. The molecule has 6 nitrogen and oxygen atoms in total. The first-order chi connectivity index (χ1) is 14.0. The third-order valence-corrected chi connectivity index (χ3v) is 4.13. The summed E-state index contributed by atoms with van der Waals surface area (Å²) in [6.45, 7) is 0.410. The van der Waals surface area contributed by atoms with Crippen LogP contribution in [-0.4, -0.2) is 30.5 Å². The highest BCUT2D eigenvalue weighted by Crippen LogP contribution is 2.13. The van der Waals surface area contributed by atoms with Crippen molar-refractivity contribution < 1.29 is 18.7 Å². The van der Waals surface area contributed by atoms with Gasteiger partial charge in [0.25, 0.3) is 11.8 Å². The maximum Gasteiger partial charge on any atom is 0.274 e. The number of amides is 2. The summed E-state index contributed by atoms with van der Waals surface area (Å²) in [4.78, 5) is 28.8. The molecule has 0 atom stereocenters. The molecule has 0 aliphatic rings. The second-order valence-electron chi connectivity index (χ2n) is 6.23. The lowest BCUT2D eigenvalue weighted by Gasteiger charge is -2.08. The molecule has 0 aliphatic carbocycles. The van der Waals surface area contributed by atoms with Gasteiger partial charge in [-0.1, -0.05) is 24.3 Å². The van der Waals surface area contributed by atoms with E-state index >= 15 is 0 Å². The van der Waals surface area contributed by atoms with Crippen LogP contribution in [-0.2, 0) is 6.42 Å². The van der Waals surface area contributed by atoms with Crippen LogP contribution in [0.5, 0.6) is 5.75 Å². The number of rotatable bonds is 7. The van der Waals surface area contributed by atoms with Crippen molar-refractivity contribution in [2.24, 2.45) is 0 Å². The molecule has 3 aromatic rings. The molecule has 0 unspecified atom stereocenters. The number of hydrogen-bond donors (Lipinski definition) is 2. The Morgan fingerprint density at radius 2 is 1.69 bits per heavy atom. The van der Waals surface area contributed by atoms with Crippen LogP contribution in [0.4, 0.5) is 10.1 Å². The van der Waals surface area contributed by atoms with Crippen LogP contribution in [0, 0.1) is 5.82 Å². The van der Waals surface area contributed by atoms with E-state index in [2.05, 4.69) is 15.6 Å². The molecule has 0 bridgehead atoms. The second kappa shape index (κ2) is 9.45. The zero-order valence-electron chi connectivity index (χ0n) is 15.8. The van der Waals surface area contributed by atoms with E-state index in [-0.39, 0.29) is 17.3 Å². The minimum absolute atomic E-state index is 0.0645. The molecule has 2 amide bonds. The fraction of sp³-hybridized carbons (Fsp3) is 0.136. The zero-order valence-corrected chi connectivity index (χ0v) is 15.8. The van der Waals surface area contributed by atoms with Gasteiger partial charge in [-0.05, 0) is 54.4 Å². The van der Waals surface area contributed by atoms with E-state index in [1.807, 2.05) is 24.3 Å². The number of pyridine rings is 1. The zero-order chi connectivity index (χ0) is 20.6. The Labute approximate surface area is 167 Å². The number of ether oxygens (including phenoxy) is 1. The average molecular weight is 393 g/mol. The molecule has 0 fully saturated rings. The lowest BCUT2D eigenvalue weighted by molar-refractivity contribution is 0.0949. The summed E-state index contributed by atoms with van der Waals surface area (Å²) in [5.74, 6) is -0.609. The lowest BCUT2D eigenvalue weighted by Crippen LogP contribution is -2.27. The summed E-state index contributed by atoms with van der Waals surface area (Å²) in [7, 11) is 1.60. The molecule has 0 spiro atoms. The van der Waals surface area contributed by atoms with Gasteiger partial charge in [-0.25, -0.2) is 9.37 Å². The van der Waals surface area contributed by atoms with Gasteiger partial charge in [0.1, 0.15) is 23.0 Å². The minimum Gasteiger partial charge on any atom is -0.497 e. The number of carbonyl (C=O) groups excluding carboxylic acids is 2. The highest BCUT2D eigenvalue weighted by molar-refractivity contribution is 6.03. The van der Waals surface area contributed by atoms with Gasteiger partial charge in [0.15, 0.2) is 0 Å². The Morgan fingerprint density at radius 1 is 0.966 bits per heavy atom. The van der Waals surface area contributed by atoms with E-state index in [0.29, 0.717) is 18.7 Å². The molecule has 7 heteroatoms. The molecular formula is C22H20FN3O3. The fourth-order valence-electron chi connectivity index (χ4n) is 2.69. The molecule has 148 valence electrons. The van der Waals surface area contributed by atoms with Crippen molar-refractivity contribution in [1.82, 2.24) is 10.3 Å².